The number of hydrogen-bond donors (Lipinski definition) is 1. The molecule has 0 radical (unpaired) electrons. The molecule has 4 nitrogen and oxygen atoms in total. The van der Waals surface area contributed by atoms with Gasteiger partial charge in [0, 0.05) is 26.1 Å². The minimum atomic E-state index is -0.750. The van der Waals surface area contributed by atoms with Gasteiger partial charge in [-0.1, -0.05) is 50.3 Å². The Morgan fingerprint density at radius 3 is 2.52 bits per heavy atom. The second-order valence-corrected chi connectivity index (χ2v) is 5.87. The number of ether oxygens (including phenoxy) is 1. The fourth-order valence-electron chi connectivity index (χ4n) is 2.79. The minimum Gasteiger partial charge on any atom is -0.380 e. The van der Waals surface area contributed by atoms with Crippen LogP contribution in [0.1, 0.15) is 19.5 Å². The van der Waals surface area contributed by atoms with Gasteiger partial charge < -0.3 is 15.0 Å². The van der Waals surface area contributed by atoms with E-state index in [2.05, 4.69) is 36.2 Å². The number of methoxy groups -OCH3 is 1. The summed E-state index contributed by atoms with van der Waals surface area (Å²) in [5.74, 6) is 0. The van der Waals surface area contributed by atoms with Crippen molar-refractivity contribution in [1.82, 2.24) is 15.2 Å². The molecule has 23 heavy (non-hydrogen) atoms. The van der Waals surface area contributed by atoms with E-state index in [1.165, 1.54) is 0 Å². The summed E-state index contributed by atoms with van der Waals surface area (Å²) in [6.45, 7) is 6.81. The standard InChI is InChI=1S/C18H25N3OS/c1-5-21(6-2)13-18(22-4,17(23)19-3)16-12-11-14-9-7-8-10-15(14)20-16/h7-12H,5-6,13H2,1-4H3,(H,19,23). The number of hydrogen-bond acceptors (Lipinski definition) is 4. The first-order valence-electron chi connectivity index (χ1n) is 7.97. The summed E-state index contributed by atoms with van der Waals surface area (Å²) >= 11 is 5.60. The first-order valence-corrected chi connectivity index (χ1v) is 8.38. The number of nitrogens with one attached hydrogen (secondary N) is 1. The third-order valence-corrected chi connectivity index (χ3v) is 4.83. The Morgan fingerprint density at radius 2 is 1.91 bits per heavy atom. The third-order valence-electron chi connectivity index (χ3n) is 4.30. The minimum absolute atomic E-state index is 0.648. The zero-order chi connectivity index (χ0) is 16.9. The molecule has 1 aromatic heterocycles. The molecule has 1 heterocycles. The van der Waals surface area contributed by atoms with Gasteiger partial charge >= 0.3 is 0 Å². The lowest BCUT2D eigenvalue weighted by Crippen LogP contribution is -2.52. The van der Waals surface area contributed by atoms with E-state index in [0.717, 1.165) is 29.7 Å². The van der Waals surface area contributed by atoms with Gasteiger partial charge in [0.15, 0.2) is 5.60 Å². The van der Waals surface area contributed by atoms with E-state index in [-0.39, 0.29) is 0 Å². The predicted octanol–water partition coefficient (Wildman–Crippen LogP) is 2.97. The number of para-hydroxylation sites is 1. The molecule has 0 spiro atoms. The lowest BCUT2D eigenvalue weighted by molar-refractivity contribution is 0.0131. The van der Waals surface area contributed by atoms with Crippen molar-refractivity contribution >= 4 is 28.1 Å². The van der Waals surface area contributed by atoms with Crippen molar-refractivity contribution in [2.75, 3.05) is 33.8 Å². The van der Waals surface area contributed by atoms with Gasteiger partial charge in [0.05, 0.1) is 11.2 Å². The number of fused-ring (bicyclic) bond motifs is 1. The van der Waals surface area contributed by atoms with Crippen molar-refractivity contribution in [1.29, 1.82) is 0 Å². The van der Waals surface area contributed by atoms with Crippen molar-refractivity contribution in [3.8, 4) is 0 Å². The molecule has 0 saturated carbocycles. The molecule has 5 heteroatoms. The summed E-state index contributed by atoms with van der Waals surface area (Å²) in [5, 5.41) is 4.21. The summed E-state index contributed by atoms with van der Waals surface area (Å²) in [6, 6.07) is 12.2. The molecule has 1 unspecified atom stereocenters. The highest BCUT2D eigenvalue weighted by Gasteiger charge is 2.39. The summed E-state index contributed by atoms with van der Waals surface area (Å²) < 4.78 is 5.95. The monoisotopic (exact) mass is 331 g/mol. The number of pyridine rings is 1. The van der Waals surface area contributed by atoms with Gasteiger partial charge in [-0.05, 0) is 25.2 Å². The Hall–Kier alpha value is -1.56. The zero-order valence-corrected chi connectivity index (χ0v) is 15.1. The molecule has 0 bridgehead atoms. The van der Waals surface area contributed by atoms with Crippen LogP contribution in [0.3, 0.4) is 0 Å². The average Bonchev–Trinajstić information content (AvgIpc) is 2.62. The van der Waals surface area contributed by atoms with Crippen molar-refractivity contribution in [3.63, 3.8) is 0 Å². The maximum absolute atomic E-state index is 5.95. The SMILES string of the molecule is CCN(CC)CC(OC)(C(=S)NC)c1ccc2ccccc2n1. The molecule has 1 aromatic carbocycles. The van der Waals surface area contributed by atoms with Crippen LogP contribution in [-0.4, -0.2) is 48.7 Å². The second-order valence-electron chi connectivity index (χ2n) is 5.46. The summed E-state index contributed by atoms with van der Waals surface area (Å²) in [4.78, 5) is 7.77. The van der Waals surface area contributed by atoms with Crippen LogP contribution in [0.4, 0.5) is 0 Å². The van der Waals surface area contributed by atoms with Crippen molar-refractivity contribution in [2.45, 2.75) is 19.4 Å². The van der Waals surface area contributed by atoms with Gasteiger partial charge in [0.2, 0.25) is 0 Å². The number of aromatic nitrogens is 1. The first kappa shape index (κ1) is 17.8. The van der Waals surface area contributed by atoms with E-state index < -0.39 is 5.60 Å². The van der Waals surface area contributed by atoms with E-state index in [1.807, 2.05) is 31.3 Å². The molecule has 124 valence electrons. The van der Waals surface area contributed by atoms with Gasteiger partial charge in [0.1, 0.15) is 4.99 Å². The van der Waals surface area contributed by atoms with E-state index in [1.54, 1.807) is 7.11 Å². The Kier molecular flexibility index (Phi) is 6.04. The van der Waals surface area contributed by atoms with Gasteiger partial charge in [-0.3, -0.25) is 0 Å². The number of nitrogens with zero attached hydrogens (tertiary/aromatic N) is 2. The lowest BCUT2D eigenvalue weighted by Gasteiger charge is -2.36. The predicted molar refractivity (Wildman–Crippen MR) is 99.9 cm³/mol. The lowest BCUT2D eigenvalue weighted by atomic mass is 9.96. The highest BCUT2D eigenvalue weighted by molar-refractivity contribution is 7.80. The van der Waals surface area contributed by atoms with Crippen molar-refractivity contribution in [3.05, 3.63) is 42.1 Å². The number of likely N-dealkylation sites (N-methyl/N-ethyl adjacent to an activating group) is 2. The average molecular weight is 331 g/mol. The summed E-state index contributed by atoms with van der Waals surface area (Å²) in [7, 11) is 3.53. The van der Waals surface area contributed by atoms with Crippen LogP contribution in [0.25, 0.3) is 10.9 Å². The fraction of sp³-hybridized carbons (Fsp3) is 0.444. The molecule has 1 atom stereocenters. The first-order chi connectivity index (χ1) is 11.1. The molecule has 2 aromatic rings. The smallest absolute Gasteiger partial charge is 0.172 e. The fourth-order valence-corrected chi connectivity index (χ4v) is 3.04. The van der Waals surface area contributed by atoms with Gasteiger partial charge in [0.25, 0.3) is 0 Å². The Morgan fingerprint density at radius 1 is 1.22 bits per heavy atom. The Labute approximate surface area is 143 Å². The molecule has 0 fully saturated rings. The van der Waals surface area contributed by atoms with Crippen LogP contribution in [0, 0.1) is 0 Å². The van der Waals surface area contributed by atoms with Crippen molar-refractivity contribution < 1.29 is 4.74 Å². The molecular formula is C18H25N3OS. The highest BCUT2D eigenvalue weighted by Crippen LogP contribution is 2.28. The number of thiocarbonyl (C=S) groups is 1. The topological polar surface area (TPSA) is 37.4 Å². The Bertz CT molecular complexity index is 672. The van der Waals surface area contributed by atoms with Crippen molar-refractivity contribution in [2.24, 2.45) is 0 Å². The number of rotatable bonds is 7. The largest absolute Gasteiger partial charge is 0.380 e. The molecule has 0 amide bonds. The molecule has 0 aliphatic carbocycles. The number of benzene rings is 1. The van der Waals surface area contributed by atoms with Crippen LogP contribution in [0.15, 0.2) is 36.4 Å². The molecule has 0 saturated heterocycles. The van der Waals surface area contributed by atoms with E-state index >= 15 is 0 Å². The van der Waals surface area contributed by atoms with Gasteiger partial charge in [-0.25, -0.2) is 4.98 Å². The summed E-state index contributed by atoms with van der Waals surface area (Å²) in [6.07, 6.45) is 0. The molecule has 1 N–H and O–H groups in total. The highest BCUT2D eigenvalue weighted by atomic mass is 32.1. The van der Waals surface area contributed by atoms with Crippen LogP contribution in [-0.2, 0) is 10.3 Å². The van der Waals surface area contributed by atoms with Gasteiger partial charge in [-0.15, -0.1) is 0 Å². The molecule has 2 rings (SSSR count). The van der Waals surface area contributed by atoms with E-state index in [9.17, 15) is 0 Å². The maximum Gasteiger partial charge on any atom is 0.172 e. The maximum atomic E-state index is 5.95. The van der Waals surface area contributed by atoms with E-state index in [0.29, 0.717) is 11.5 Å². The third kappa shape index (κ3) is 3.52. The second kappa shape index (κ2) is 7.81. The van der Waals surface area contributed by atoms with Crippen LogP contribution in [0.2, 0.25) is 0 Å². The van der Waals surface area contributed by atoms with Crippen LogP contribution >= 0.6 is 12.2 Å². The van der Waals surface area contributed by atoms with E-state index in [4.69, 9.17) is 21.9 Å². The van der Waals surface area contributed by atoms with Crippen LogP contribution in [0.5, 0.6) is 0 Å². The normalized spacial score (nSPS) is 14.0. The summed E-state index contributed by atoms with van der Waals surface area (Å²) in [5.41, 5.74) is 1.04. The van der Waals surface area contributed by atoms with Gasteiger partial charge in [-0.2, -0.15) is 0 Å². The van der Waals surface area contributed by atoms with Crippen LogP contribution < -0.4 is 5.32 Å². The molecular weight excluding hydrogens is 306 g/mol. The molecule has 0 aliphatic rings. The Balaban J connectivity index is 2.55. The quantitative estimate of drug-likeness (QED) is 0.790. The zero-order valence-electron chi connectivity index (χ0n) is 14.3. The molecule has 0 aliphatic heterocycles.